The van der Waals surface area contributed by atoms with Gasteiger partial charge in [-0.2, -0.15) is 4.98 Å². The first-order valence-corrected chi connectivity index (χ1v) is 11.4. The van der Waals surface area contributed by atoms with Crippen molar-refractivity contribution in [2.24, 2.45) is 0 Å². The van der Waals surface area contributed by atoms with E-state index in [1.54, 1.807) is 6.20 Å². The van der Waals surface area contributed by atoms with Crippen LogP contribution in [0.5, 0.6) is 11.5 Å². The van der Waals surface area contributed by atoms with Crippen molar-refractivity contribution in [1.82, 2.24) is 24.8 Å². The Morgan fingerprint density at radius 2 is 1.94 bits per heavy atom. The van der Waals surface area contributed by atoms with Gasteiger partial charge in [0.25, 0.3) is 0 Å². The zero-order valence-electron chi connectivity index (χ0n) is 18.5. The van der Waals surface area contributed by atoms with Gasteiger partial charge in [-0.05, 0) is 68.3 Å². The maximum Gasteiger partial charge on any atom is 0.224 e. The number of fused-ring (bicyclic) bond motifs is 2. The Kier molecular flexibility index (Phi) is 5.07. The van der Waals surface area contributed by atoms with E-state index < -0.39 is 0 Å². The number of nitrogens with one attached hydrogen (secondary N) is 2. The summed E-state index contributed by atoms with van der Waals surface area (Å²) in [5.74, 6) is 3.70. The molecular formula is C25H26N6O2. The van der Waals surface area contributed by atoms with Crippen LogP contribution in [0.15, 0.2) is 48.7 Å². The molecule has 8 heteroatoms. The second kappa shape index (κ2) is 8.37. The van der Waals surface area contributed by atoms with E-state index in [1.165, 1.54) is 0 Å². The molecule has 4 heterocycles. The minimum Gasteiger partial charge on any atom is -0.486 e. The number of nitrogens with zero attached hydrogens (tertiary/aromatic N) is 4. The molecule has 0 radical (unpaired) electrons. The topological polar surface area (TPSA) is 86.1 Å². The molecule has 2 aromatic heterocycles. The smallest absolute Gasteiger partial charge is 0.224 e. The highest BCUT2D eigenvalue weighted by molar-refractivity contribution is 5.84. The lowest BCUT2D eigenvalue weighted by Gasteiger charge is -2.23. The number of aryl methyl sites for hydroxylation is 1. The minimum absolute atomic E-state index is 0.327. The maximum absolute atomic E-state index is 5.82. The summed E-state index contributed by atoms with van der Waals surface area (Å²) in [6, 6.07) is 14.5. The van der Waals surface area contributed by atoms with Gasteiger partial charge in [-0.3, -0.25) is 4.57 Å². The van der Waals surface area contributed by atoms with E-state index in [-0.39, 0.29) is 0 Å². The number of piperidine rings is 1. The van der Waals surface area contributed by atoms with E-state index >= 15 is 0 Å². The second-order valence-electron chi connectivity index (χ2n) is 8.55. The van der Waals surface area contributed by atoms with E-state index in [0.717, 1.165) is 71.2 Å². The first-order chi connectivity index (χ1) is 16.2. The van der Waals surface area contributed by atoms with Gasteiger partial charge in [-0.1, -0.05) is 6.07 Å². The van der Waals surface area contributed by atoms with Crippen molar-refractivity contribution in [2.75, 3.05) is 31.6 Å². The van der Waals surface area contributed by atoms with E-state index in [2.05, 4.69) is 45.3 Å². The Balaban J connectivity index is 1.46. The van der Waals surface area contributed by atoms with Crippen molar-refractivity contribution >= 4 is 17.0 Å². The zero-order chi connectivity index (χ0) is 22.2. The Labute approximate surface area is 192 Å². The molecule has 0 unspecified atom stereocenters. The third kappa shape index (κ3) is 3.87. The molecule has 168 valence electrons. The summed E-state index contributed by atoms with van der Waals surface area (Å²) in [5, 5.41) is 6.92. The predicted molar refractivity (Wildman–Crippen MR) is 127 cm³/mol. The third-order valence-electron chi connectivity index (χ3n) is 6.11. The summed E-state index contributed by atoms with van der Waals surface area (Å²) in [5.41, 5.74) is 4.02. The van der Waals surface area contributed by atoms with Gasteiger partial charge in [-0.25, -0.2) is 9.97 Å². The van der Waals surface area contributed by atoms with Crippen LogP contribution in [0.25, 0.3) is 28.2 Å². The van der Waals surface area contributed by atoms with Crippen LogP contribution in [0.4, 0.5) is 5.95 Å². The summed E-state index contributed by atoms with van der Waals surface area (Å²) >= 11 is 0. The van der Waals surface area contributed by atoms with E-state index in [9.17, 15) is 0 Å². The maximum atomic E-state index is 5.82. The molecule has 1 atom stereocenters. The van der Waals surface area contributed by atoms with Gasteiger partial charge in [0.05, 0.1) is 11.0 Å². The molecule has 0 spiro atoms. The highest BCUT2D eigenvalue weighted by Gasteiger charge is 2.20. The molecule has 1 fully saturated rings. The molecular weight excluding hydrogens is 416 g/mol. The summed E-state index contributed by atoms with van der Waals surface area (Å²) < 4.78 is 13.6. The summed E-state index contributed by atoms with van der Waals surface area (Å²) in [6.45, 7) is 5.19. The lowest BCUT2D eigenvalue weighted by Crippen LogP contribution is -2.38. The molecule has 8 nitrogen and oxygen atoms in total. The SMILES string of the molecule is Cc1ccc2nc(-c3ccc4c(c3)OCCO4)n(-c3ccnc(N[C@H]4CCCNC4)n3)c2c1. The summed E-state index contributed by atoms with van der Waals surface area (Å²) in [7, 11) is 0. The van der Waals surface area contributed by atoms with Crippen LogP contribution >= 0.6 is 0 Å². The van der Waals surface area contributed by atoms with Crippen LogP contribution in [-0.4, -0.2) is 51.9 Å². The molecule has 6 rings (SSSR count). The number of aromatic nitrogens is 4. The molecule has 33 heavy (non-hydrogen) atoms. The molecule has 4 aromatic rings. The molecule has 1 saturated heterocycles. The lowest BCUT2D eigenvalue weighted by atomic mass is 10.1. The normalized spacial score (nSPS) is 17.8. The standard InChI is InChI=1S/C25H26N6O2/c1-16-4-6-19-20(13-16)31(23-8-10-27-25(30-23)28-18-3-2-9-26-15-18)24(29-19)17-5-7-21-22(14-17)33-12-11-32-21/h4-8,10,13-14,18,26H,2-3,9,11-12,15H2,1H3,(H,27,28,30)/t18-/m0/s1. The molecule has 0 bridgehead atoms. The van der Waals surface area contributed by atoms with Crippen LogP contribution in [0.2, 0.25) is 0 Å². The first kappa shape index (κ1) is 20.0. The molecule has 2 N–H and O–H groups in total. The fourth-order valence-corrected chi connectivity index (χ4v) is 4.49. The summed E-state index contributed by atoms with van der Waals surface area (Å²) in [6.07, 6.45) is 4.06. The number of hydrogen-bond donors (Lipinski definition) is 2. The van der Waals surface area contributed by atoms with Gasteiger partial charge >= 0.3 is 0 Å². The van der Waals surface area contributed by atoms with Gasteiger partial charge in [-0.15, -0.1) is 0 Å². The number of ether oxygens (including phenoxy) is 2. The third-order valence-corrected chi connectivity index (χ3v) is 6.11. The quantitative estimate of drug-likeness (QED) is 0.498. The highest BCUT2D eigenvalue weighted by atomic mass is 16.6. The van der Waals surface area contributed by atoms with Crippen molar-refractivity contribution in [2.45, 2.75) is 25.8 Å². The molecule has 2 aliphatic heterocycles. The predicted octanol–water partition coefficient (Wildman–Crippen LogP) is 3.73. The van der Waals surface area contributed by atoms with Gasteiger partial charge in [0.2, 0.25) is 5.95 Å². The van der Waals surface area contributed by atoms with E-state index in [4.69, 9.17) is 19.4 Å². The lowest BCUT2D eigenvalue weighted by molar-refractivity contribution is 0.171. The van der Waals surface area contributed by atoms with Crippen LogP contribution in [-0.2, 0) is 0 Å². The highest BCUT2D eigenvalue weighted by Crippen LogP contribution is 2.36. The Bertz CT molecular complexity index is 1310. The number of benzene rings is 2. The van der Waals surface area contributed by atoms with Gasteiger partial charge in [0, 0.05) is 24.3 Å². The molecule has 2 aromatic carbocycles. The van der Waals surface area contributed by atoms with Gasteiger partial charge in [0.15, 0.2) is 11.5 Å². The van der Waals surface area contributed by atoms with Crippen molar-refractivity contribution < 1.29 is 9.47 Å². The Hall–Kier alpha value is -3.65. The largest absolute Gasteiger partial charge is 0.486 e. The minimum atomic E-state index is 0.327. The molecule has 2 aliphatic rings. The van der Waals surface area contributed by atoms with Gasteiger partial charge in [0.1, 0.15) is 24.9 Å². The second-order valence-corrected chi connectivity index (χ2v) is 8.55. The molecule has 0 amide bonds. The molecule has 0 aliphatic carbocycles. The van der Waals surface area contributed by atoms with Crippen molar-refractivity contribution in [3.05, 3.63) is 54.2 Å². The van der Waals surface area contributed by atoms with Crippen LogP contribution < -0.4 is 20.1 Å². The summed E-state index contributed by atoms with van der Waals surface area (Å²) in [4.78, 5) is 14.3. The fourth-order valence-electron chi connectivity index (χ4n) is 4.49. The van der Waals surface area contributed by atoms with Crippen molar-refractivity contribution in [3.63, 3.8) is 0 Å². The van der Waals surface area contributed by atoms with E-state index in [0.29, 0.717) is 25.2 Å². The number of rotatable bonds is 4. The number of anilines is 1. The Morgan fingerprint density at radius 3 is 2.82 bits per heavy atom. The molecule has 0 saturated carbocycles. The monoisotopic (exact) mass is 442 g/mol. The zero-order valence-corrected chi connectivity index (χ0v) is 18.5. The average Bonchev–Trinajstić information content (AvgIpc) is 3.23. The average molecular weight is 443 g/mol. The van der Waals surface area contributed by atoms with Crippen LogP contribution in [0.1, 0.15) is 18.4 Å². The van der Waals surface area contributed by atoms with Crippen molar-refractivity contribution in [1.29, 1.82) is 0 Å². The Morgan fingerprint density at radius 1 is 1.03 bits per heavy atom. The number of imidazole rings is 1. The number of hydrogen-bond acceptors (Lipinski definition) is 7. The first-order valence-electron chi connectivity index (χ1n) is 11.4. The van der Waals surface area contributed by atoms with Crippen LogP contribution in [0.3, 0.4) is 0 Å². The van der Waals surface area contributed by atoms with Crippen molar-refractivity contribution in [3.8, 4) is 28.7 Å². The van der Waals surface area contributed by atoms with E-state index in [1.807, 2.05) is 24.3 Å². The fraction of sp³-hybridized carbons (Fsp3) is 0.320. The van der Waals surface area contributed by atoms with Crippen LogP contribution in [0, 0.1) is 6.92 Å². The van der Waals surface area contributed by atoms with Gasteiger partial charge < -0.3 is 20.1 Å².